The molecule has 1 atom stereocenters. The minimum Gasteiger partial charge on any atom is -0.496 e. The van der Waals surface area contributed by atoms with Crippen molar-refractivity contribution < 1.29 is 9.53 Å². The van der Waals surface area contributed by atoms with E-state index in [1.165, 1.54) is 6.33 Å². The van der Waals surface area contributed by atoms with E-state index in [-0.39, 0.29) is 12.1 Å². The number of methoxy groups -OCH3 is 1. The molecule has 0 fully saturated rings. The van der Waals surface area contributed by atoms with Crippen LogP contribution in [0.1, 0.15) is 37.7 Å². The van der Waals surface area contributed by atoms with Gasteiger partial charge in [-0.3, -0.25) is 5.10 Å². The number of aromatic amines is 1. The van der Waals surface area contributed by atoms with Crippen LogP contribution in [-0.2, 0) is 6.54 Å². The van der Waals surface area contributed by atoms with Crippen molar-refractivity contribution in [1.29, 1.82) is 0 Å². The molecule has 0 aliphatic heterocycles. The van der Waals surface area contributed by atoms with E-state index in [0.717, 1.165) is 17.7 Å². The number of carbonyl (C=O) groups is 1. The number of urea groups is 1. The molecule has 1 heterocycles. The van der Waals surface area contributed by atoms with Gasteiger partial charge in [0.25, 0.3) is 0 Å². The number of carbonyl (C=O) groups excluding carboxylic acids is 1. The Bertz CT molecular complexity index is 642. The summed E-state index contributed by atoms with van der Waals surface area (Å²) >= 11 is 0. The first kappa shape index (κ1) is 17.8. The molecule has 1 aromatic carbocycles. The standard InChI is InChI=1S/C17H25N5O2/c1-12(2)9-14(13-7-5-6-8-15(13)24-4)20-17(23)22(3)10-16-18-11-19-21-16/h5-8,11-12,14H,9-10H2,1-4H3,(H,20,23)(H,18,19,21). The highest BCUT2D eigenvalue weighted by atomic mass is 16.5. The lowest BCUT2D eigenvalue weighted by Gasteiger charge is -2.26. The maximum Gasteiger partial charge on any atom is 0.318 e. The highest BCUT2D eigenvalue weighted by Gasteiger charge is 2.21. The Kier molecular flexibility index (Phi) is 6.17. The van der Waals surface area contributed by atoms with Gasteiger partial charge in [0.15, 0.2) is 0 Å². The van der Waals surface area contributed by atoms with Gasteiger partial charge in [0.2, 0.25) is 0 Å². The minimum atomic E-state index is -0.164. The van der Waals surface area contributed by atoms with Crippen molar-refractivity contribution in [2.75, 3.05) is 14.2 Å². The van der Waals surface area contributed by atoms with Gasteiger partial charge in [0.1, 0.15) is 17.9 Å². The summed E-state index contributed by atoms with van der Waals surface area (Å²) in [4.78, 5) is 18.2. The van der Waals surface area contributed by atoms with Crippen molar-refractivity contribution in [2.45, 2.75) is 32.9 Å². The first-order valence-electron chi connectivity index (χ1n) is 8.00. The van der Waals surface area contributed by atoms with Crippen LogP contribution in [0.15, 0.2) is 30.6 Å². The summed E-state index contributed by atoms with van der Waals surface area (Å²) in [5.41, 5.74) is 0.982. The first-order chi connectivity index (χ1) is 11.5. The van der Waals surface area contributed by atoms with Crippen LogP contribution in [0, 0.1) is 5.92 Å². The molecule has 0 spiro atoms. The molecular formula is C17H25N5O2. The average Bonchev–Trinajstić information content (AvgIpc) is 3.06. The van der Waals surface area contributed by atoms with Crippen molar-refractivity contribution >= 4 is 6.03 Å². The van der Waals surface area contributed by atoms with Crippen LogP contribution in [0.3, 0.4) is 0 Å². The molecule has 1 aromatic heterocycles. The van der Waals surface area contributed by atoms with E-state index in [0.29, 0.717) is 18.3 Å². The molecule has 1 unspecified atom stereocenters. The van der Waals surface area contributed by atoms with Crippen molar-refractivity contribution in [3.63, 3.8) is 0 Å². The molecule has 2 N–H and O–H groups in total. The topological polar surface area (TPSA) is 83.1 Å². The number of aromatic nitrogens is 3. The van der Waals surface area contributed by atoms with Crippen LogP contribution < -0.4 is 10.1 Å². The number of rotatable bonds is 7. The molecule has 24 heavy (non-hydrogen) atoms. The summed E-state index contributed by atoms with van der Waals surface area (Å²) in [7, 11) is 3.37. The van der Waals surface area contributed by atoms with Gasteiger partial charge in [0, 0.05) is 12.6 Å². The first-order valence-corrected chi connectivity index (χ1v) is 8.00. The molecule has 7 nitrogen and oxygen atoms in total. The monoisotopic (exact) mass is 331 g/mol. The third kappa shape index (κ3) is 4.71. The molecule has 0 aliphatic carbocycles. The van der Waals surface area contributed by atoms with Gasteiger partial charge in [-0.25, -0.2) is 9.78 Å². The number of benzene rings is 1. The highest BCUT2D eigenvalue weighted by Crippen LogP contribution is 2.29. The summed E-state index contributed by atoms with van der Waals surface area (Å²) < 4.78 is 5.45. The van der Waals surface area contributed by atoms with E-state index in [2.05, 4.69) is 34.3 Å². The normalized spacial score (nSPS) is 12.0. The van der Waals surface area contributed by atoms with Crippen LogP contribution in [0.5, 0.6) is 5.75 Å². The van der Waals surface area contributed by atoms with Crippen molar-refractivity contribution in [3.8, 4) is 5.75 Å². The van der Waals surface area contributed by atoms with E-state index < -0.39 is 0 Å². The average molecular weight is 331 g/mol. The SMILES string of the molecule is COc1ccccc1C(CC(C)C)NC(=O)N(C)Cc1ncn[nH]1. The second-order valence-electron chi connectivity index (χ2n) is 6.16. The quantitative estimate of drug-likeness (QED) is 0.817. The van der Waals surface area contributed by atoms with Crippen molar-refractivity contribution in [3.05, 3.63) is 42.0 Å². The van der Waals surface area contributed by atoms with E-state index in [9.17, 15) is 4.79 Å². The molecule has 2 rings (SSSR count). The van der Waals surface area contributed by atoms with Crippen LogP contribution >= 0.6 is 0 Å². The van der Waals surface area contributed by atoms with E-state index >= 15 is 0 Å². The number of hydrogen-bond acceptors (Lipinski definition) is 4. The molecule has 2 aromatic rings. The Morgan fingerprint density at radius 1 is 1.38 bits per heavy atom. The number of ether oxygens (including phenoxy) is 1. The van der Waals surface area contributed by atoms with Gasteiger partial charge >= 0.3 is 6.03 Å². The Labute approximate surface area is 142 Å². The number of amides is 2. The molecule has 0 saturated carbocycles. The molecule has 7 heteroatoms. The zero-order valence-corrected chi connectivity index (χ0v) is 14.6. The largest absolute Gasteiger partial charge is 0.496 e. The summed E-state index contributed by atoms with van der Waals surface area (Å²) in [6, 6.07) is 7.49. The lowest BCUT2D eigenvalue weighted by molar-refractivity contribution is 0.199. The number of hydrogen-bond donors (Lipinski definition) is 2. The number of nitrogens with one attached hydrogen (secondary N) is 2. The molecule has 2 amide bonds. The van der Waals surface area contributed by atoms with E-state index in [1.807, 2.05) is 24.3 Å². The second kappa shape index (κ2) is 8.33. The highest BCUT2D eigenvalue weighted by molar-refractivity contribution is 5.74. The number of para-hydroxylation sites is 1. The minimum absolute atomic E-state index is 0.120. The van der Waals surface area contributed by atoms with Crippen LogP contribution in [-0.4, -0.2) is 40.3 Å². The zero-order chi connectivity index (χ0) is 17.5. The maximum absolute atomic E-state index is 12.5. The third-order valence-electron chi connectivity index (χ3n) is 3.72. The molecule has 0 radical (unpaired) electrons. The second-order valence-corrected chi connectivity index (χ2v) is 6.16. The predicted octanol–water partition coefficient (Wildman–Crippen LogP) is 2.74. The van der Waals surface area contributed by atoms with Crippen LogP contribution in [0.25, 0.3) is 0 Å². The lowest BCUT2D eigenvalue weighted by atomic mass is 9.96. The summed E-state index contributed by atoms with van der Waals surface area (Å²) in [6.45, 7) is 4.63. The molecule has 0 bridgehead atoms. The summed E-state index contributed by atoms with van der Waals surface area (Å²) in [5, 5.41) is 9.65. The number of H-pyrrole nitrogens is 1. The molecule has 0 aliphatic rings. The van der Waals surface area contributed by atoms with Gasteiger partial charge in [0.05, 0.1) is 19.7 Å². The molecule has 0 saturated heterocycles. The van der Waals surface area contributed by atoms with Crippen molar-refractivity contribution in [2.24, 2.45) is 5.92 Å². The Hall–Kier alpha value is -2.57. The lowest BCUT2D eigenvalue weighted by Crippen LogP contribution is -2.39. The fraction of sp³-hybridized carbons (Fsp3) is 0.471. The predicted molar refractivity (Wildman–Crippen MR) is 91.6 cm³/mol. The Morgan fingerprint density at radius 2 is 2.12 bits per heavy atom. The molecular weight excluding hydrogens is 306 g/mol. The summed E-state index contributed by atoms with van der Waals surface area (Å²) in [5.74, 6) is 1.85. The van der Waals surface area contributed by atoms with Crippen LogP contribution in [0.4, 0.5) is 4.79 Å². The van der Waals surface area contributed by atoms with Crippen molar-refractivity contribution in [1.82, 2.24) is 25.4 Å². The van der Waals surface area contributed by atoms with Gasteiger partial charge in [-0.1, -0.05) is 32.0 Å². The zero-order valence-electron chi connectivity index (χ0n) is 14.6. The molecule has 130 valence electrons. The number of nitrogens with zero attached hydrogens (tertiary/aromatic N) is 3. The van der Waals surface area contributed by atoms with Crippen LogP contribution in [0.2, 0.25) is 0 Å². The Morgan fingerprint density at radius 3 is 2.75 bits per heavy atom. The third-order valence-corrected chi connectivity index (χ3v) is 3.72. The smallest absolute Gasteiger partial charge is 0.318 e. The maximum atomic E-state index is 12.5. The van der Waals surface area contributed by atoms with Gasteiger partial charge < -0.3 is 15.0 Å². The summed E-state index contributed by atoms with van der Waals surface area (Å²) in [6.07, 6.45) is 2.25. The fourth-order valence-electron chi connectivity index (χ4n) is 2.55. The van der Waals surface area contributed by atoms with E-state index in [1.54, 1.807) is 19.1 Å². The van der Waals surface area contributed by atoms with Gasteiger partial charge in [-0.15, -0.1) is 0 Å². The Balaban J connectivity index is 2.11. The van der Waals surface area contributed by atoms with Gasteiger partial charge in [-0.05, 0) is 18.4 Å². The van der Waals surface area contributed by atoms with Gasteiger partial charge in [-0.2, -0.15) is 5.10 Å². The van der Waals surface area contributed by atoms with E-state index in [4.69, 9.17) is 4.74 Å². The fourth-order valence-corrected chi connectivity index (χ4v) is 2.55.